The van der Waals surface area contributed by atoms with Crippen molar-refractivity contribution in [2.45, 2.75) is 58.2 Å². The van der Waals surface area contributed by atoms with Gasteiger partial charge in [0.2, 0.25) is 0 Å². The average molecular weight is 278 g/mol. The average Bonchev–Trinajstić information content (AvgIpc) is 2.34. The van der Waals surface area contributed by atoms with Crippen LogP contribution in [0.1, 0.15) is 47.5 Å². The van der Waals surface area contributed by atoms with Crippen LogP contribution in [0, 0.1) is 0 Å². The molecular weight excluding hydrogens is 248 g/mol. The number of likely N-dealkylation sites (N-methyl/N-ethyl adjacent to an activating group) is 1. The van der Waals surface area contributed by atoms with Crippen LogP contribution in [0.4, 0.5) is 0 Å². The summed E-state index contributed by atoms with van der Waals surface area (Å²) in [6, 6.07) is 0. The number of hydrogen-bond donors (Lipinski definition) is 1. The molecule has 0 saturated carbocycles. The molecule has 0 aromatic heterocycles. The molecule has 0 radical (unpaired) electrons. The SMILES string of the molecule is CCN(CCS(=O)(=O)C(C)C)C(CC)(CC)CN. The molecule has 0 amide bonds. The molecule has 5 heteroatoms. The Bertz CT molecular complexity index is 314. The lowest BCUT2D eigenvalue weighted by molar-refractivity contribution is 0.0980. The van der Waals surface area contributed by atoms with Crippen molar-refractivity contribution in [3.63, 3.8) is 0 Å². The lowest BCUT2D eigenvalue weighted by atomic mass is 9.90. The lowest BCUT2D eigenvalue weighted by Crippen LogP contribution is -2.54. The van der Waals surface area contributed by atoms with Crippen molar-refractivity contribution in [2.75, 3.05) is 25.4 Å². The van der Waals surface area contributed by atoms with Gasteiger partial charge >= 0.3 is 0 Å². The molecule has 4 nitrogen and oxygen atoms in total. The van der Waals surface area contributed by atoms with E-state index in [4.69, 9.17) is 5.73 Å². The summed E-state index contributed by atoms with van der Waals surface area (Å²) in [6.07, 6.45) is 1.91. The Morgan fingerprint density at radius 2 is 1.67 bits per heavy atom. The van der Waals surface area contributed by atoms with E-state index in [0.717, 1.165) is 19.4 Å². The number of hydrogen-bond acceptors (Lipinski definition) is 4. The highest BCUT2D eigenvalue weighted by atomic mass is 32.2. The van der Waals surface area contributed by atoms with Gasteiger partial charge in [-0.1, -0.05) is 20.8 Å². The highest BCUT2D eigenvalue weighted by Gasteiger charge is 2.31. The van der Waals surface area contributed by atoms with Crippen LogP contribution in [0.5, 0.6) is 0 Å². The van der Waals surface area contributed by atoms with E-state index >= 15 is 0 Å². The predicted octanol–water partition coefficient (Wildman–Crippen LogP) is 1.65. The van der Waals surface area contributed by atoms with E-state index in [2.05, 4.69) is 25.7 Å². The standard InChI is InChI=1S/C13H30N2O2S/c1-6-13(7-2,11-14)15(8-3)9-10-18(16,17)12(4)5/h12H,6-11,14H2,1-5H3. The first-order valence-corrected chi connectivity index (χ1v) is 8.67. The molecule has 0 heterocycles. The van der Waals surface area contributed by atoms with Crippen LogP contribution < -0.4 is 5.73 Å². The molecule has 0 rings (SSSR count). The molecule has 0 aliphatic carbocycles. The van der Waals surface area contributed by atoms with Crippen LogP contribution in [-0.4, -0.2) is 49.5 Å². The van der Waals surface area contributed by atoms with Gasteiger partial charge in [0.15, 0.2) is 9.84 Å². The third-order valence-electron chi connectivity index (χ3n) is 4.11. The zero-order valence-corrected chi connectivity index (χ0v) is 13.4. The van der Waals surface area contributed by atoms with Crippen LogP contribution in [-0.2, 0) is 9.84 Å². The molecular formula is C13H30N2O2S. The van der Waals surface area contributed by atoms with Crippen LogP contribution in [0.3, 0.4) is 0 Å². The van der Waals surface area contributed by atoms with Gasteiger partial charge in [-0.25, -0.2) is 8.42 Å². The highest BCUT2D eigenvalue weighted by Crippen LogP contribution is 2.22. The summed E-state index contributed by atoms with van der Waals surface area (Å²) in [6.45, 7) is 11.8. The van der Waals surface area contributed by atoms with E-state index < -0.39 is 9.84 Å². The van der Waals surface area contributed by atoms with Gasteiger partial charge < -0.3 is 5.73 Å². The maximum atomic E-state index is 11.9. The minimum atomic E-state index is -2.97. The predicted molar refractivity (Wildman–Crippen MR) is 78.5 cm³/mol. The summed E-state index contributed by atoms with van der Waals surface area (Å²) >= 11 is 0. The zero-order valence-electron chi connectivity index (χ0n) is 12.6. The van der Waals surface area contributed by atoms with Gasteiger partial charge in [0.05, 0.1) is 11.0 Å². The highest BCUT2D eigenvalue weighted by molar-refractivity contribution is 7.92. The summed E-state index contributed by atoms with van der Waals surface area (Å²) in [5, 5.41) is -0.299. The molecule has 110 valence electrons. The van der Waals surface area contributed by atoms with Crippen molar-refractivity contribution in [1.82, 2.24) is 4.90 Å². The first-order chi connectivity index (χ1) is 8.29. The van der Waals surface area contributed by atoms with Gasteiger partial charge in [-0.15, -0.1) is 0 Å². The van der Waals surface area contributed by atoms with Crippen LogP contribution in [0.25, 0.3) is 0 Å². The molecule has 0 aliphatic heterocycles. The summed E-state index contributed by atoms with van der Waals surface area (Å²) in [7, 11) is -2.97. The fourth-order valence-corrected chi connectivity index (χ4v) is 3.27. The van der Waals surface area contributed by atoms with E-state index in [1.165, 1.54) is 0 Å². The van der Waals surface area contributed by atoms with Crippen molar-refractivity contribution in [1.29, 1.82) is 0 Å². The Morgan fingerprint density at radius 1 is 1.17 bits per heavy atom. The largest absolute Gasteiger partial charge is 0.329 e. The lowest BCUT2D eigenvalue weighted by Gasteiger charge is -2.42. The topological polar surface area (TPSA) is 63.4 Å². The van der Waals surface area contributed by atoms with Gasteiger partial charge in [-0.3, -0.25) is 4.90 Å². The van der Waals surface area contributed by atoms with Crippen molar-refractivity contribution >= 4 is 9.84 Å². The first-order valence-electron chi connectivity index (χ1n) is 6.96. The molecule has 0 atom stereocenters. The van der Waals surface area contributed by atoms with Crippen molar-refractivity contribution in [3.05, 3.63) is 0 Å². The van der Waals surface area contributed by atoms with Gasteiger partial charge in [0.25, 0.3) is 0 Å². The molecule has 0 aromatic rings. The Labute approximate surface area is 113 Å². The Balaban J connectivity index is 4.81. The third kappa shape index (κ3) is 4.21. The fourth-order valence-electron chi connectivity index (χ4n) is 2.32. The first kappa shape index (κ1) is 17.9. The Kier molecular flexibility index (Phi) is 7.40. The van der Waals surface area contributed by atoms with E-state index in [1.54, 1.807) is 13.8 Å². The maximum Gasteiger partial charge on any atom is 0.153 e. The second-order valence-corrected chi connectivity index (χ2v) is 7.81. The van der Waals surface area contributed by atoms with Crippen molar-refractivity contribution in [3.8, 4) is 0 Å². The molecule has 0 aliphatic rings. The van der Waals surface area contributed by atoms with Gasteiger partial charge in [-0.05, 0) is 33.2 Å². The Morgan fingerprint density at radius 3 is 1.94 bits per heavy atom. The summed E-state index contributed by atoms with van der Waals surface area (Å²) < 4.78 is 23.8. The number of nitrogens with two attached hydrogens (primary N) is 1. The second-order valence-electron chi connectivity index (χ2n) is 5.13. The molecule has 0 bridgehead atoms. The summed E-state index contributed by atoms with van der Waals surface area (Å²) in [5.41, 5.74) is 5.86. The number of nitrogens with zero attached hydrogens (tertiary/aromatic N) is 1. The monoisotopic (exact) mass is 278 g/mol. The quantitative estimate of drug-likeness (QED) is 0.696. The van der Waals surface area contributed by atoms with E-state index in [-0.39, 0.29) is 16.5 Å². The molecule has 0 fully saturated rings. The minimum Gasteiger partial charge on any atom is -0.329 e. The molecule has 0 aromatic carbocycles. The van der Waals surface area contributed by atoms with Crippen molar-refractivity contribution < 1.29 is 8.42 Å². The normalized spacial score (nSPS) is 13.6. The smallest absolute Gasteiger partial charge is 0.153 e. The Hall–Kier alpha value is -0.130. The van der Waals surface area contributed by atoms with Crippen molar-refractivity contribution in [2.24, 2.45) is 5.73 Å². The van der Waals surface area contributed by atoms with Gasteiger partial charge in [-0.2, -0.15) is 0 Å². The minimum absolute atomic E-state index is 0.0543. The van der Waals surface area contributed by atoms with E-state index in [9.17, 15) is 8.42 Å². The molecule has 0 unspecified atom stereocenters. The van der Waals surface area contributed by atoms with Crippen LogP contribution in [0.2, 0.25) is 0 Å². The van der Waals surface area contributed by atoms with Gasteiger partial charge in [0.1, 0.15) is 0 Å². The number of sulfone groups is 1. The second kappa shape index (κ2) is 7.46. The fraction of sp³-hybridized carbons (Fsp3) is 1.00. The van der Waals surface area contributed by atoms with E-state index in [1.807, 2.05) is 0 Å². The maximum absolute atomic E-state index is 11.9. The molecule has 0 spiro atoms. The van der Waals surface area contributed by atoms with Gasteiger partial charge in [0, 0.05) is 18.6 Å². The molecule has 2 N–H and O–H groups in total. The third-order valence-corrected chi connectivity index (χ3v) is 6.30. The van der Waals surface area contributed by atoms with Crippen LogP contribution >= 0.6 is 0 Å². The summed E-state index contributed by atoms with van der Waals surface area (Å²) in [5.74, 6) is 0.222. The molecule has 18 heavy (non-hydrogen) atoms. The summed E-state index contributed by atoms with van der Waals surface area (Å²) in [4.78, 5) is 2.23. The number of rotatable bonds is 9. The molecule has 0 saturated heterocycles. The van der Waals surface area contributed by atoms with E-state index in [0.29, 0.717) is 13.1 Å². The zero-order chi connectivity index (χ0) is 14.4. The van der Waals surface area contributed by atoms with Crippen LogP contribution in [0.15, 0.2) is 0 Å².